The molecule has 0 fully saturated rings. The number of hydrogen-bond acceptors (Lipinski definition) is 4. The van der Waals surface area contributed by atoms with Crippen molar-refractivity contribution in [2.75, 3.05) is 19.3 Å². The molecule has 0 aliphatic heterocycles. The van der Waals surface area contributed by atoms with Crippen molar-refractivity contribution in [3.05, 3.63) is 51.7 Å². The Morgan fingerprint density at radius 3 is 2.31 bits per heavy atom. The zero-order chi connectivity index (χ0) is 19.0. The zero-order valence-corrected chi connectivity index (χ0v) is 17.2. The predicted octanol–water partition coefficient (Wildman–Crippen LogP) is 3.01. The van der Waals surface area contributed by atoms with E-state index in [1.807, 2.05) is 19.1 Å². The molecule has 1 aromatic heterocycles. The second-order valence-corrected chi connectivity index (χ2v) is 9.28. The van der Waals surface area contributed by atoms with Crippen LogP contribution in [0.3, 0.4) is 0 Å². The summed E-state index contributed by atoms with van der Waals surface area (Å²) in [7, 11) is -3.14. The van der Waals surface area contributed by atoms with E-state index in [2.05, 4.69) is 34.7 Å². The number of aliphatic imine (C=N–C) groups is 1. The zero-order valence-electron chi connectivity index (χ0n) is 15.6. The molecule has 0 unspecified atom stereocenters. The van der Waals surface area contributed by atoms with Gasteiger partial charge < -0.3 is 10.6 Å². The van der Waals surface area contributed by atoms with Crippen LogP contribution in [0.5, 0.6) is 0 Å². The van der Waals surface area contributed by atoms with Crippen molar-refractivity contribution in [3.8, 4) is 0 Å². The van der Waals surface area contributed by atoms with E-state index >= 15 is 0 Å². The first-order valence-electron chi connectivity index (χ1n) is 8.81. The average molecular weight is 394 g/mol. The van der Waals surface area contributed by atoms with Gasteiger partial charge in [-0.2, -0.15) is 0 Å². The van der Waals surface area contributed by atoms with E-state index in [4.69, 9.17) is 0 Å². The molecule has 0 saturated carbocycles. The highest BCUT2D eigenvalue weighted by Gasteiger charge is 2.06. The molecular formula is C19H27N3O2S2. The van der Waals surface area contributed by atoms with Crippen molar-refractivity contribution >= 4 is 27.1 Å². The van der Waals surface area contributed by atoms with Gasteiger partial charge in [-0.1, -0.05) is 19.1 Å². The molecule has 1 aromatic carbocycles. The molecule has 0 radical (unpaired) electrons. The average Bonchev–Trinajstić information content (AvgIpc) is 3.07. The van der Waals surface area contributed by atoms with Crippen LogP contribution in [0.15, 0.2) is 46.3 Å². The summed E-state index contributed by atoms with van der Waals surface area (Å²) in [4.78, 5) is 7.63. The topological polar surface area (TPSA) is 70.6 Å². The Morgan fingerprint density at radius 2 is 1.73 bits per heavy atom. The summed E-state index contributed by atoms with van der Waals surface area (Å²) in [5, 5.41) is 6.58. The van der Waals surface area contributed by atoms with Gasteiger partial charge in [-0.05, 0) is 49.6 Å². The van der Waals surface area contributed by atoms with Crippen LogP contribution in [0.25, 0.3) is 0 Å². The Morgan fingerprint density at radius 1 is 1.04 bits per heavy atom. The molecule has 142 valence electrons. The van der Waals surface area contributed by atoms with E-state index in [9.17, 15) is 8.42 Å². The fourth-order valence-corrected chi connectivity index (χ4v) is 3.94. The van der Waals surface area contributed by atoms with Crippen LogP contribution in [-0.4, -0.2) is 33.7 Å². The molecule has 0 aliphatic carbocycles. The monoisotopic (exact) mass is 393 g/mol. The van der Waals surface area contributed by atoms with Gasteiger partial charge in [-0.3, -0.25) is 0 Å². The molecule has 2 N–H and O–H groups in total. The van der Waals surface area contributed by atoms with Gasteiger partial charge in [-0.25, -0.2) is 13.4 Å². The fourth-order valence-electron chi connectivity index (χ4n) is 2.42. The Kier molecular flexibility index (Phi) is 7.66. The number of hydrogen-bond donors (Lipinski definition) is 2. The SMILES string of the molecule is CCNC(=NCc1ccc(CC)s1)NCCc1ccc(S(C)(=O)=O)cc1. The fraction of sp³-hybridized carbons (Fsp3) is 0.421. The number of aryl methyl sites for hydroxylation is 1. The Balaban J connectivity index is 1.88. The van der Waals surface area contributed by atoms with Gasteiger partial charge >= 0.3 is 0 Å². The molecule has 0 aliphatic rings. The van der Waals surface area contributed by atoms with Crippen molar-refractivity contribution in [2.45, 2.75) is 38.1 Å². The maximum atomic E-state index is 11.5. The smallest absolute Gasteiger partial charge is 0.191 e. The van der Waals surface area contributed by atoms with Crippen LogP contribution < -0.4 is 10.6 Å². The molecule has 2 aromatic rings. The maximum Gasteiger partial charge on any atom is 0.191 e. The molecule has 5 nitrogen and oxygen atoms in total. The van der Waals surface area contributed by atoms with E-state index in [1.54, 1.807) is 23.5 Å². The summed E-state index contributed by atoms with van der Waals surface area (Å²) in [5.74, 6) is 0.798. The van der Waals surface area contributed by atoms with Gasteiger partial charge in [-0.15, -0.1) is 11.3 Å². The van der Waals surface area contributed by atoms with Crippen LogP contribution in [0.2, 0.25) is 0 Å². The summed E-state index contributed by atoms with van der Waals surface area (Å²) in [5.41, 5.74) is 1.09. The summed E-state index contributed by atoms with van der Waals surface area (Å²) in [6.07, 6.45) is 3.08. The highest BCUT2D eigenvalue weighted by atomic mass is 32.2. The van der Waals surface area contributed by atoms with Gasteiger partial charge in [0.25, 0.3) is 0 Å². The van der Waals surface area contributed by atoms with Crippen LogP contribution in [0, 0.1) is 0 Å². The number of nitrogens with zero attached hydrogens (tertiary/aromatic N) is 1. The quantitative estimate of drug-likeness (QED) is 0.534. The Hall–Kier alpha value is -1.86. The second kappa shape index (κ2) is 9.73. The number of sulfone groups is 1. The van der Waals surface area contributed by atoms with Crippen LogP contribution in [0.4, 0.5) is 0 Å². The molecule has 2 rings (SSSR count). The molecule has 1 heterocycles. The lowest BCUT2D eigenvalue weighted by molar-refractivity contribution is 0.602. The van der Waals surface area contributed by atoms with E-state index in [0.717, 1.165) is 37.5 Å². The first-order chi connectivity index (χ1) is 12.4. The third kappa shape index (κ3) is 6.46. The molecule has 0 atom stereocenters. The number of nitrogens with one attached hydrogen (secondary N) is 2. The van der Waals surface area contributed by atoms with Crippen LogP contribution in [0.1, 0.15) is 29.2 Å². The normalized spacial score (nSPS) is 12.2. The third-order valence-corrected chi connectivity index (χ3v) is 6.20. The van der Waals surface area contributed by atoms with Gasteiger partial charge in [0, 0.05) is 29.1 Å². The molecule has 0 bridgehead atoms. The van der Waals surface area contributed by atoms with E-state index in [0.29, 0.717) is 11.4 Å². The lowest BCUT2D eigenvalue weighted by atomic mass is 10.1. The minimum atomic E-state index is -3.14. The van der Waals surface area contributed by atoms with Crippen molar-refractivity contribution in [1.82, 2.24) is 10.6 Å². The predicted molar refractivity (Wildman–Crippen MR) is 110 cm³/mol. The number of rotatable bonds is 8. The number of thiophene rings is 1. The first kappa shape index (κ1) is 20.5. The molecule has 26 heavy (non-hydrogen) atoms. The van der Waals surface area contributed by atoms with Crippen molar-refractivity contribution < 1.29 is 8.42 Å². The highest BCUT2D eigenvalue weighted by Crippen LogP contribution is 2.17. The van der Waals surface area contributed by atoms with Crippen LogP contribution >= 0.6 is 11.3 Å². The minimum absolute atomic E-state index is 0.353. The maximum absolute atomic E-state index is 11.5. The molecule has 0 amide bonds. The van der Waals surface area contributed by atoms with E-state index in [-0.39, 0.29) is 0 Å². The summed E-state index contributed by atoms with van der Waals surface area (Å²) in [6.45, 7) is 6.41. The van der Waals surface area contributed by atoms with Crippen molar-refractivity contribution in [2.24, 2.45) is 4.99 Å². The van der Waals surface area contributed by atoms with E-state index < -0.39 is 9.84 Å². The van der Waals surface area contributed by atoms with Crippen molar-refractivity contribution in [3.63, 3.8) is 0 Å². The molecular weight excluding hydrogens is 366 g/mol. The van der Waals surface area contributed by atoms with Crippen molar-refractivity contribution in [1.29, 1.82) is 0 Å². The largest absolute Gasteiger partial charge is 0.357 e. The molecule has 0 saturated heterocycles. The summed E-state index contributed by atoms with van der Waals surface area (Å²) in [6, 6.07) is 11.3. The van der Waals surface area contributed by atoms with Gasteiger partial charge in [0.2, 0.25) is 0 Å². The summed E-state index contributed by atoms with van der Waals surface area (Å²) < 4.78 is 23.0. The Bertz CT molecular complexity index is 825. The third-order valence-electron chi connectivity index (χ3n) is 3.86. The van der Waals surface area contributed by atoms with Crippen LogP contribution in [-0.2, 0) is 29.2 Å². The first-order valence-corrected chi connectivity index (χ1v) is 11.5. The lowest BCUT2D eigenvalue weighted by Gasteiger charge is -2.11. The number of guanidine groups is 1. The lowest BCUT2D eigenvalue weighted by Crippen LogP contribution is -2.38. The number of benzene rings is 1. The van der Waals surface area contributed by atoms with Gasteiger partial charge in [0.1, 0.15) is 0 Å². The molecule has 7 heteroatoms. The molecule has 0 spiro atoms. The minimum Gasteiger partial charge on any atom is -0.357 e. The Labute approximate surface area is 160 Å². The van der Waals surface area contributed by atoms with Gasteiger partial charge in [0.15, 0.2) is 15.8 Å². The van der Waals surface area contributed by atoms with E-state index in [1.165, 1.54) is 16.0 Å². The van der Waals surface area contributed by atoms with Gasteiger partial charge in [0.05, 0.1) is 11.4 Å². The summed E-state index contributed by atoms with van der Waals surface area (Å²) >= 11 is 1.81. The second-order valence-electron chi connectivity index (χ2n) is 6.01. The highest BCUT2D eigenvalue weighted by molar-refractivity contribution is 7.90. The standard InChI is InChI=1S/C19H27N3O2S2/c1-4-16-8-9-17(25-16)14-22-19(20-5-2)21-13-12-15-6-10-18(11-7-15)26(3,23)24/h6-11H,4-5,12-14H2,1-3H3,(H2,20,21,22).